The van der Waals surface area contributed by atoms with Gasteiger partial charge in [-0.05, 0) is 39.0 Å². The molecule has 1 unspecified atom stereocenters. The summed E-state index contributed by atoms with van der Waals surface area (Å²) >= 11 is 0. The molecule has 1 saturated heterocycles. The van der Waals surface area contributed by atoms with Crippen LogP contribution in [-0.4, -0.2) is 60.6 Å². The Morgan fingerprint density at radius 1 is 1.19 bits per heavy atom. The molecule has 1 aromatic carbocycles. The number of benzene rings is 1. The highest BCUT2D eigenvalue weighted by Gasteiger charge is 2.30. The van der Waals surface area contributed by atoms with Crippen LogP contribution < -0.4 is 10.6 Å². The largest absolute Gasteiger partial charge is 0.323 e. The van der Waals surface area contributed by atoms with Gasteiger partial charge in [0.15, 0.2) is 5.82 Å². The summed E-state index contributed by atoms with van der Waals surface area (Å²) in [5.41, 5.74) is 2.65. The van der Waals surface area contributed by atoms with Crippen molar-refractivity contribution in [1.29, 1.82) is 0 Å². The van der Waals surface area contributed by atoms with Crippen molar-refractivity contribution in [3.8, 4) is 0 Å². The highest BCUT2D eigenvalue weighted by atomic mass is 32.2. The molecule has 0 spiro atoms. The normalized spacial score (nSPS) is 18.0. The average molecular weight is 450 g/mol. The van der Waals surface area contributed by atoms with E-state index in [0.717, 1.165) is 11.4 Å². The molecule has 0 aliphatic carbocycles. The molecule has 2 heterocycles. The molecular formula is C21H28FN5O3S. The molecule has 1 atom stereocenters. The van der Waals surface area contributed by atoms with E-state index in [9.17, 15) is 13.2 Å². The summed E-state index contributed by atoms with van der Waals surface area (Å²) in [6.07, 6.45) is 1.20. The first-order valence-electron chi connectivity index (χ1n) is 10.0. The van der Waals surface area contributed by atoms with E-state index in [2.05, 4.69) is 15.6 Å². The number of carbonyl (C=O) groups is 1. The molecule has 0 saturated carbocycles. The third-order valence-electron chi connectivity index (χ3n) is 5.14. The van der Waals surface area contributed by atoms with E-state index in [-0.39, 0.29) is 11.7 Å². The van der Waals surface area contributed by atoms with Crippen LogP contribution in [0, 0.1) is 19.7 Å². The molecule has 31 heavy (non-hydrogen) atoms. The number of urea groups is 1. The predicted molar refractivity (Wildman–Crippen MR) is 119 cm³/mol. The first-order chi connectivity index (χ1) is 14.5. The third-order valence-corrected chi connectivity index (χ3v) is 6.53. The van der Waals surface area contributed by atoms with Crippen molar-refractivity contribution in [2.45, 2.75) is 33.4 Å². The zero-order valence-corrected chi connectivity index (χ0v) is 19.0. The van der Waals surface area contributed by atoms with Crippen LogP contribution in [0.15, 0.2) is 30.3 Å². The number of carbonyl (C=O) groups excluding carboxylic acids is 1. The van der Waals surface area contributed by atoms with Gasteiger partial charge in [0.05, 0.1) is 11.9 Å². The number of halogens is 1. The van der Waals surface area contributed by atoms with Gasteiger partial charge in [-0.25, -0.2) is 17.6 Å². The lowest BCUT2D eigenvalue weighted by atomic mass is 10.1. The fraction of sp³-hybridized carbons (Fsp3) is 0.429. The van der Waals surface area contributed by atoms with Crippen molar-refractivity contribution in [1.82, 2.24) is 14.2 Å². The van der Waals surface area contributed by atoms with E-state index < -0.39 is 21.9 Å². The van der Waals surface area contributed by atoms with Gasteiger partial charge in [0.2, 0.25) is 10.0 Å². The molecule has 8 nitrogen and oxygen atoms in total. The summed E-state index contributed by atoms with van der Waals surface area (Å²) in [7, 11) is -3.26. The van der Waals surface area contributed by atoms with Gasteiger partial charge in [0, 0.05) is 54.9 Å². The predicted octanol–water partition coefficient (Wildman–Crippen LogP) is 2.95. The molecule has 168 valence electrons. The zero-order valence-electron chi connectivity index (χ0n) is 18.1. The van der Waals surface area contributed by atoms with Gasteiger partial charge in [-0.1, -0.05) is 12.1 Å². The van der Waals surface area contributed by atoms with Crippen molar-refractivity contribution in [2.24, 2.45) is 0 Å². The van der Waals surface area contributed by atoms with Gasteiger partial charge >= 0.3 is 6.03 Å². The molecule has 3 rings (SSSR count). The van der Waals surface area contributed by atoms with E-state index in [1.807, 2.05) is 25.7 Å². The lowest BCUT2D eigenvalue weighted by Gasteiger charge is -2.38. The Kier molecular flexibility index (Phi) is 6.93. The zero-order chi connectivity index (χ0) is 22.8. The van der Waals surface area contributed by atoms with E-state index in [1.165, 1.54) is 16.6 Å². The lowest BCUT2D eigenvalue weighted by Crippen LogP contribution is -2.53. The standard InChI is InChI=1S/C21H28FN5O3S/c1-14-10-18(11-15(2)23-14)24-21(28)25-19-7-5-6-17(20(19)22)13-26-8-9-27(16(3)12-26)31(4,29)30/h5-7,10-11,16H,8-9,12-13H2,1-4H3,(H2,23,24,25,28). The van der Waals surface area contributed by atoms with E-state index in [0.29, 0.717) is 37.4 Å². The second-order valence-corrected chi connectivity index (χ2v) is 9.89. The van der Waals surface area contributed by atoms with Gasteiger partial charge in [-0.15, -0.1) is 0 Å². The highest BCUT2D eigenvalue weighted by Crippen LogP contribution is 2.22. The molecule has 0 bridgehead atoms. The number of anilines is 2. The van der Waals surface area contributed by atoms with Gasteiger partial charge in [0.25, 0.3) is 0 Å². The Bertz CT molecular complexity index is 1060. The first kappa shape index (κ1) is 23.1. The molecular weight excluding hydrogens is 421 g/mol. The second kappa shape index (κ2) is 9.29. The Labute approximate surface area is 182 Å². The summed E-state index contributed by atoms with van der Waals surface area (Å²) in [5.74, 6) is -0.502. The lowest BCUT2D eigenvalue weighted by molar-refractivity contribution is 0.137. The Morgan fingerprint density at radius 2 is 1.87 bits per heavy atom. The molecule has 2 aromatic rings. The van der Waals surface area contributed by atoms with Gasteiger partial charge in [-0.2, -0.15) is 4.31 Å². The maximum absolute atomic E-state index is 15.0. The number of nitrogens with zero attached hydrogens (tertiary/aromatic N) is 3. The molecule has 0 radical (unpaired) electrons. The van der Waals surface area contributed by atoms with Crippen LogP contribution in [0.3, 0.4) is 0 Å². The molecule has 1 fully saturated rings. The first-order valence-corrected chi connectivity index (χ1v) is 11.9. The smallest absolute Gasteiger partial charge is 0.308 e. The summed E-state index contributed by atoms with van der Waals surface area (Å²) in [5, 5.41) is 5.25. The number of hydrogen-bond donors (Lipinski definition) is 2. The maximum atomic E-state index is 15.0. The van der Waals surface area contributed by atoms with Gasteiger partial charge < -0.3 is 10.6 Å². The maximum Gasteiger partial charge on any atom is 0.323 e. The SMILES string of the molecule is Cc1cc(NC(=O)Nc2cccc(CN3CCN(S(C)(=O)=O)C(C)C3)c2F)cc(C)n1. The minimum Gasteiger partial charge on any atom is -0.308 e. The molecule has 2 N–H and O–H groups in total. The summed E-state index contributed by atoms with van der Waals surface area (Å²) < 4.78 is 40.2. The number of aromatic nitrogens is 1. The van der Waals surface area contributed by atoms with E-state index in [4.69, 9.17) is 0 Å². The van der Waals surface area contributed by atoms with Gasteiger partial charge in [0.1, 0.15) is 0 Å². The van der Waals surface area contributed by atoms with Crippen molar-refractivity contribution in [2.75, 3.05) is 36.5 Å². The summed E-state index contributed by atoms with van der Waals surface area (Å²) in [4.78, 5) is 18.6. The molecule has 1 aromatic heterocycles. The number of amides is 2. The quantitative estimate of drug-likeness (QED) is 0.732. The van der Waals surface area contributed by atoms with Crippen molar-refractivity contribution < 1.29 is 17.6 Å². The molecule has 1 aliphatic heterocycles. The van der Waals surface area contributed by atoms with Crippen LogP contribution in [0.2, 0.25) is 0 Å². The number of pyridine rings is 1. The van der Waals surface area contributed by atoms with Crippen LogP contribution in [0.1, 0.15) is 23.9 Å². The van der Waals surface area contributed by atoms with Crippen LogP contribution in [0.4, 0.5) is 20.6 Å². The van der Waals surface area contributed by atoms with Crippen molar-refractivity contribution in [3.05, 3.63) is 53.1 Å². The van der Waals surface area contributed by atoms with Crippen molar-refractivity contribution in [3.63, 3.8) is 0 Å². The number of piperazine rings is 1. The molecule has 1 aliphatic rings. The number of aryl methyl sites for hydroxylation is 2. The Balaban J connectivity index is 1.65. The number of hydrogen-bond acceptors (Lipinski definition) is 5. The number of rotatable bonds is 5. The van der Waals surface area contributed by atoms with Crippen LogP contribution in [0.25, 0.3) is 0 Å². The third kappa shape index (κ3) is 5.99. The van der Waals surface area contributed by atoms with Crippen molar-refractivity contribution >= 4 is 27.4 Å². The van der Waals surface area contributed by atoms with E-state index >= 15 is 4.39 Å². The minimum atomic E-state index is -3.26. The van der Waals surface area contributed by atoms with Crippen LogP contribution >= 0.6 is 0 Å². The topological polar surface area (TPSA) is 94.6 Å². The van der Waals surface area contributed by atoms with Gasteiger partial charge in [-0.3, -0.25) is 9.88 Å². The Hall–Kier alpha value is -2.56. The Morgan fingerprint density at radius 3 is 2.48 bits per heavy atom. The summed E-state index contributed by atoms with van der Waals surface area (Å²) in [6.45, 7) is 7.21. The summed E-state index contributed by atoms with van der Waals surface area (Å²) in [6, 6.07) is 7.59. The highest BCUT2D eigenvalue weighted by molar-refractivity contribution is 7.88. The average Bonchev–Trinajstić information content (AvgIpc) is 2.63. The fourth-order valence-corrected chi connectivity index (χ4v) is 5.02. The number of nitrogens with one attached hydrogen (secondary N) is 2. The monoisotopic (exact) mass is 449 g/mol. The molecule has 10 heteroatoms. The second-order valence-electron chi connectivity index (χ2n) is 7.95. The fourth-order valence-electron chi connectivity index (χ4n) is 3.88. The van der Waals surface area contributed by atoms with Crippen LogP contribution in [-0.2, 0) is 16.6 Å². The molecule has 2 amide bonds. The van der Waals surface area contributed by atoms with Crippen LogP contribution in [0.5, 0.6) is 0 Å². The number of sulfonamides is 1. The minimum absolute atomic E-state index is 0.0836. The van der Waals surface area contributed by atoms with E-state index in [1.54, 1.807) is 24.3 Å².